The number of nitrogens with zero attached hydrogens (tertiary/aromatic N) is 3. The van der Waals surface area contributed by atoms with E-state index in [1.54, 1.807) is 25.1 Å². The van der Waals surface area contributed by atoms with Crippen molar-refractivity contribution in [1.29, 1.82) is 0 Å². The smallest absolute Gasteiger partial charge is 0.216 e. The van der Waals surface area contributed by atoms with E-state index in [2.05, 4.69) is 15.3 Å². The van der Waals surface area contributed by atoms with E-state index in [0.29, 0.717) is 22.1 Å². The van der Waals surface area contributed by atoms with E-state index in [4.69, 9.17) is 26.4 Å². The summed E-state index contributed by atoms with van der Waals surface area (Å²) in [5, 5.41) is 11.6. The fraction of sp³-hybridized carbons (Fsp3) is 0.250. The third kappa shape index (κ3) is 4.40. The van der Waals surface area contributed by atoms with Crippen LogP contribution in [0.2, 0.25) is 0 Å². The molecule has 0 saturated carbocycles. The van der Waals surface area contributed by atoms with Crippen LogP contribution in [0.4, 0.5) is 0 Å². The third-order valence-corrected chi connectivity index (χ3v) is 4.11. The average Bonchev–Trinajstić information content (AvgIpc) is 3.06. The van der Waals surface area contributed by atoms with Crippen LogP contribution in [0.15, 0.2) is 47.6 Å². The third-order valence-electron chi connectivity index (χ3n) is 3.84. The SMILES string of the molecule is COc1ccc(/C=N/n2c(-c3cccc(OC(C)C)c3)n[nH]c2=S)cc1OC. The van der Waals surface area contributed by atoms with Crippen LogP contribution in [0.25, 0.3) is 11.4 Å². The number of hydrogen-bond acceptors (Lipinski definition) is 6. The quantitative estimate of drug-likeness (QED) is 0.475. The summed E-state index contributed by atoms with van der Waals surface area (Å²) in [6.45, 7) is 3.96. The highest BCUT2D eigenvalue weighted by Gasteiger charge is 2.10. The van der Waals surface area contributed by atoms with Crippen molar-refractivity contribution < 1.29 is 14.2 Å². The van der Waals surface area contributed by atoms with Crippen molar-refractivity contribution in [1.82, 2.24) is 14.9 Å². The van der Waals surface area contributed by atoms with Crippen LogP contribution in [-0.4, -0.2) is 41.4 Å². The number of rotatable bonds is 7. The minimum absolute atomic E-state index is 0.0825. The van der Waals surface area contributed by atoms with Gasteiger partial charge in [-0.3, -0.25) is 0 Å². The molecule has 0 atom stereocenters. The summed E-state index contributed by atoms with van der Waals surface area (Å²) in [7, 11) is 3.19. The Kier molecular flexibility index (Phi) is 6.10. The van der Waals surface area contributed by atoms with Gasteiger partial charge in [0, 0.05) is 5.56 Å². The first kappa shape index (κ1) is 19.6. The van der Waals surface area contributed by atoms with Gasteiger partial charge in [-0.15, -0.1) is 0 Å². The van der Waals surface area contributed by atoms with Gasteiger partial charge >= 0.3 is 0 Å². The van der Waals surface area contributed by atoms with Crippen LogP contribution in [0.1, 0.15) is 19.4 Å². The molecule has 7 nitrogen and oxygen atoms in total. The standard InChI is InChI=1S/C20H22N4O3S/c1-13(2)27-16-7-5-6-15(11-16)19-22-23-20(28)24(19)21-12-14-8-9-17(25-3)18(10-14)26-4/h5-13H,1-4H3,(H,23,28)/b21-12+. The number of benzene rings is 2. The van der Waals surface area contributed by atoms with Gasteiger partial charge in [0.25, 0.3) is 0 Å². The minimum Gasteiger partial charge on any atom is -0.493 e. The monoisotopic (exact) mass is 398 g/mol. The van der Waals surface area contributed by atoms with Gasteiger partial charge in [-0.25, -0.2) is 5.10 Å². The Balaban J connectivity index is 1.94. The second-order valence-corrected chi connectivity index (χ2v) is 6.60. The Bertz CT molecular complexity index is 1040. The molecule has 0 amide bonds. The van der Waals surface area contributed by atoms with Gasteiger partial charge < -0.3 is 14.2 Å². The molecule has 0 aliphatic rings. The van der Waals surface area contributed by atoms with Crippen LogP contribution in [0.3, 0.4) is 0 Å². The molecule has 28 heavy (non-hydrogen) atoms. The van der Waals surface area contributed by atoms with Crippen LogP contribution in [0.5, 0.6) is 17.2 Å². The van der Waals surface area contributed by atoms with Crippen molar-refractivity contribution >= 4 is 18.4 Å². The first-order chi connectivity index (χ1) is 13.5. The molecule has 0 spiro atoms. The zero-order valence-corrected chi connectivity index (χ0v) is 17.0. The molecule has 0 saturated heterocycles. The molecule has 8 heteroatoms. The van der Waals surface area contributed by atoms with Gasteiger partial charge in [0.2, 0.25) is 4.77 Å². The molecule has 2 aromatic carbocycles. The highest BCUT2D eigenvalue weighted by molar-refractivity contribution is 7.71. The lowest BCUT2D eigenvalue weighted by Crippen LogP contribution is -2.05. The Hall–Kier alpha value is -3.13. The zero-order valence-electron chi connectivity index (χ0n) is 16.2. The first-order valence-electron chi connectivity index (χ1n) is 8.72. The molecular weight excluding hydrogens is 376 g/mol. The number of nitrogens with one attached hydrogen (secondary N) is 1. The van der Waals surface area contributed by atoms with Crippen molar-refractivity contribution in [2.24, 2.45) is 5.10 Å². The van der Waals surface area contributed by atoms with Gasteiger partial charge in [-0.05, 0) is 62.0 Å². The number of H-pyrrole nitrogens is 1. The Morgan fingerprint density at radius 2 is 1.89 bits per heavy atom. The normalized spacial score (nSPS) is 11.2. The summed E-state index contributed by atoms with van der Waals surface area (Å²) in [5.74, 6) is 2.64. The van der Waals surface area contributed by atoms with E-state index < -0.39 is 0 Å². The summed E-state index contributed by atoms with van der Waals surface area (Å²) in [6.07, 6.45) is 1.77. The van der Waals surface area contributed by atoms with Crippen molar-refractivity contribution in [2.45, 2.75) is 20.0 Å². The highest BCUT2D eigenvalue weighted by Crippen LogP contribution is 2.27. The van der Waals surface area contributed by atoms with Crippen LogP contribution < -0.4 is 14.2 Å². The molecule has 0 radical (unpaired) electrons. The molecular formula is C20H22N4O3S. The maximum absolute atomic E-state index is 5.76. The van der Waals surface area contributed by atoms with E-state index in [9.17, 15) is 0 Å². The highest BCUT2D eigenvalue weighted by atomic mass is 32.1. The number of methoxy groups -OCH3 is 2. The first-order valence-corrected chi connectivity index (χ1v) is 9.13. The van der Waals surface area contributed by atoms with Gasteiger partial charge in [-0.1, -0.05) is 12.1 Å². The molecule has 0 bridgehead atoms. The predicted molar refractivity (Wildman–Crippen MR) is 111 cm³/mol. The topological polar surface area (TPSA) is 73.7 Å². The Morgan fingerprint density at radius 1 is 1.11 bits per heavy atom. The average molecular weight is 398 g/mol. The Morgan fingerprint density at radius 3 is 2.61 bits per heavy atom. The van der Waals surface area contributed by atoms with Gasteiger partial charge in [0.1, 0.15) is 5.75 Å². The fourth-order valence-corrected chi connectivity index (χ4v) is 2.80. The molecule has 1 N–H and O–H groups in total. The van der Waals surface area contributed by atoms with E-state index in [0.717, 1.165) is 16.9 Å². The summed E-state index contributed by atoms with van der Waals surface area (Å²) in [5.41, 5.74) is 1.68. The summed E-state index contributed by atoms with van der Waals surface area (Å²) >= 11 is 5.33. The van der Waals surface area contributed by atoms with E-state index in [1.165, 1.54) is 0 Å². The van der Waals surface area contributed by atoms with Gasteiger partial charge in [-0.2, -0.15) is 14.9 Å². The molecule has 3 aromatic rings. The van der Waals surface area contributed by atoms with Gasteiger partial charge in [0.05, 0.1) is 26.5 Å². The molecule has 0 aliphatic carbocycles. The van der Waals surface area contributed by atoms with Crippen LogP contribution >= 0.6 is 12.2 Å². The van der Waals surface area contributed by atoms with E-state index in [-0.39, 0.29) is 6.10 Å². The number of aromatic amines is 1. The molecule has 1 aromatic heterocycles. The van der Waals surface area contributed by atoms with Crippen molar-refractivity contribution in [3.8, 4) is 28.6 Å². The van der Waals surface area contributed by atoms with E-state index >= 15 is 0 Å². The maximum Gasteiger partial charge on any atom is 0.216 e. The van der Waals surface area contributed by atoms with Crippen LogP contribution in [-0.2, 0) is 0 Å². The van der Waals surface area contributed by atoms with E-state index in [1.807, 2.05) is 56.3 Å². The largest absolute Gasteiger partial charge is 0.493 e. The molecule has 146 valence electrons. The summed E-state index contributed by atoms with van der Waals surface area (Å²) in [4.78, 5) is 0. The lowest BCUT2D eigenvalue weighted by molar-refractivity contribution is 0.242. The maximum atomic E-state index is 5.76. The summed E-state index contributed by atoms with van der Waals surface area (Å²) in [6, 6.07) is 13.2. The lowest BCUT2D eigenvalue weighted by Gasteiger charge is -2.10. The zero-order chi connectivity index (χ0) is 20.1. The molecule has 0 fully saturated rings. The number of hydrogen-bond donors (Lipinski definition) is 1. The van der Waals surface area contributed by atoms with Crippen molar-refractivity contribution in [3.05, 3.63) is 52.8 Å². The number of ether oxygens (including phenoxy) is 3. The van der Waals surface area contributed by atoms with Crippen molar-refractivity contribution in [3.63, 3.8) is 0 Å². The second kappa shape index (κ2) is 8.71. The van der Waals surface area contributed by atoms with Gasteiger partial charge in [0.15, 0.2) is 17.3 Å². The number of aromatic nitrogens is 3. The summed E-state index contributed by atoms with van der Waals surface area (Å²) < 4.78 is 18.3. The lowest BCUT2D eigenvalue weighted by atomic mass is 10.2. The Labute approximate surface area is 168 Å². The second-order valence-electron chi connectivity index (χ2n) is 6.22. The molecule has 1 heterocycles. The van der Waals surface area contributed by atoms with Crippen LogP contribution in [0, 0.1) is 4.77 Å². The molecule has 3 rings (SSSR count). The minimum atomic E-state index is 0.0825. The fourth-order valence-electron chi connectivity index (χ4n) is 2.62. The molecule has 0 aliphatic heterocycles. The molecule has 0 unspecified atom stereocenters. The van der Waals surface area contributed by atoms with Crippen molar-refractivity contribution in [2.75, 3.05) is 14.2 Å². The predicted octanol–water partition coefficient (Wildman–Crippen LogP) is 4.29.